The fourth-order valence-corrected chi connectivity index (χ4v) is 4.11. The van der Waals surface area contributed by atoms with E-state index in [1.165, 1.54) is 38.5 Å². The number of aromatic nitrogens is 2. The Labute approximate surface area is 130 Å². The van der Waals surface area contributed by atoms with Crippen molar-refractivity contribution in [2.45, 2.75) is 70.8 Å². The predicted molar refractivity (Wildman–Crippen MR) is 85.8 cm³/mol. The Morgan fingerprint density at radius 1 is 1.30 bits per heavy atom. The molecule has 0 aromatic carbocycles. The zero-order chi connectivity index (χ0) is 14.5. The van der Waals surface area contributed by atoms with Crippen molar-refractivity contribution >= 4 is 15.9 Å². The number of halogens is 1. The number of rotatable bonds is 5. The van der Waals surface area contributed by atoms with Gasteiger partial charge in [-0.05, 0) is 34.7 Å². The number of nitrogens with zero attached hydrogens (tertiary/aromatic N) is 2. The van der Waals surface area contributed by atoms with Crippen molar-refractivity contribution in [2.24, 2.45) is 13.0 Å². The van der Waals surface area contributed by atoms with Crippen LogP contribution < -0.4 is 0 Å². The molecule has 0 bridgehead atoms. The van der Waals surface area contributed by atoms with Gasteiger partial charge in [-0.2, -0.15) is 5.10 Å². The molecule has 1 aromatic rings. The van der Waals surface area contributed by atoms with Crippen molar-refractivity contribution in [2.75, 3.05) is 0 Å². The van der Waals surface area contributed by atoms with Crippen LogP contribution in [-0.4, -0.2) is 21.0 Å². The molecule has 4 heteroatoms. The highest BCUT2D eigenvalue weighted by molar-refractivity contribution is 9.10. The van der Waals surface area contributed by atoms with Gasteiger partial charge in [0.25, 0.3) is 0 Å². The van der Waals surface area contributed by atoms with Crippen molar-refractivity contribution in [3.8, 4) is 0 Å². The van der Waals surface area contributed by atoms with Crippen LogP contribution in [0.2, 0.25) is 0 Å². The predicted octanol–water partition coefficient (Wildman–Crippen LogP) is 4.01. The summed E-state index contributed by atoms with van der Waals surface area (Å²) in [7, 11) is 1.97. The number of hydrogen-bond donors (Lipinski definition) is 1. The Balaban J connectivity index is 1.93. The van der Waals surface area contributed by atoms with Gasteiger partial charge in [-0.15, -0.1) is 0 Å². The summed E-state index contributed by atoms with van der Waals surface area (Å²) >= 11 is 3.63. The molecule has 1 atom stereocenters. The molecule has 3 nitrogen and oxygen atoms in total. The lowest BCUT2D eigenvalue weighted by Gasteiger charge is -2.18. The Morgan fingerprint density at radius 2 is 1.95 bits per heavy atom. The summed E-state index contributed by atoms with van der Waals surface area (Å²) in [4.78, 5) is 0. The summed E-state index contributed by atoms with van der Waals surface area (Å²) in [5, 5.41) is 14.9. The normalized spacial score (nSPS) is 19.0. The second-order valence-electron chi connectivity index (χ2n) is 6.14. The summed E-state index contributed by atoms with van der Waals surface area (Å²) in [6, 6.07) is 0. The lowest BCUT2D eigenvalue weighted by atomic mass is 9.92. The third-order valence-electron chi connectivity index (χ3n) is 4.51. The van der Waals surface area contributed by atoms with Crippen LogP contribution in [0.4, 0.5) is 0 Å². The topological polar surface area (TPSA) is 38.0 Å². The maximum Gasteiger partial charge on any atom is 0.0766 e. The first kappa shape index (κ1) is 16.0. The van der Waals surface area contributed by atoms with E-state index in [9.17, 15) is 5.11 Å². The van der Waals surface area contributed by atoms with Gasteiger partial charge in [-0.25, -0.2) is 0 Å². The van der Waals surface area contributed by atoms with Crippen LogP contribution >= 0.6 is 15.9 Å². The SMILES string of the molecule is CCc1nn(C)c(CC(O)CC2CCCCCC2)c1Br. The summed E-state index contributed by atoms with van der Waals surface area (Å²) in [5.41, 5.74) is 2.21. The van der Waals surface area contributed by atoms with Crippen molar-refractivity contribution < 1.29 is 5.11 Å². The molecule has 0 saturated heterocycles. The Bertz CT molecular complexity index is 422. The first-order valence-electron chi connectivity index (χ1n) is 8.00. The molecule has 0 radical (unpaired) electrons. The third-order valence-corrected chi connectivity index (χ3v) is 5.43. The van der Waals surface area contributed by atoms with Crippen molar-refractivity contribution in [3.05, 3.63) is 15.9 Å². The van der Waals surface area contributed by atoms with Gasteiger partial charge in [0, 0.05) is 13.5 Å². The van der Waals surface area contributed by atoms with Gasteiger partial charge in [0.2, 0.25) is 0 Å². The molecule has 114 valence electrons. The Hall–Kier alpha value is -0.350. The van der Waals surface area contributed by atoms with E-state index in [0.29, 0.717) is 12.3 Å². The fraction of sp³-hybridized carbons (Fsp3) is 0.812. The molecular weight excluding hydrogens is 316 g/mol. The van der Waals surface area contributed by atoms with Crippen LogP contribution in [0, 0.1) is 5.92 Å². The average molecular weight is 343 g/mol. The zero-order valence-corrected chi connectivity index (χ0v) is 14.3. The zero-order valence-electron chi connectivity index (χ0n) is 12.7. The van der Waals surface area contributed by atoms with E-state index in [2.05, 4.69) is 28.0 Å². The van der Waals surface area contributed by atoms with E-state index in [0.717, 1.165) is 28.7 Å². The molecule has 1 heterocycles. The smallest absolute Gasteiger partial charge is 0.0766 e. The van der Waals surface area contributed by atoms with Crippen LogP contribution in [0.25, 0.3) is 0 Å². The van der Waals surface area contributed by atoms with E-state index in [1.807, 2.05) is 11.7 Å². The van der Waals surface area contributed by atoms with Gasteiger partial charge in [-0.3, -0.25) is 4.68 Å². The van der Waals surface area contributed by atoms with Crippen molar-refractivity contribution in [1.29, 1.82) is 0 Å². The van der Waals surface area contributed by atoms with E-state index in [4.69, 9.17) is 0 Å². The third kappa shape index (κ3) is 4.08. The van der Waals surface area contributed by atoms with Gasteiger partial charge in [-0.1, -0.05) is 45.4 Å². The molecule has 20 heavy (non-hydrogen) atoms. The maximum atomic E-state index is 10.4. The van der Waals surface area contributed by atoms with Crippen LogP contribution in [-0.2, 0) is 19.9 Å². The monoisotopic (exact) mass is 342 g/mol. The van der Waals surface area contributed by atoms with Gasteiger partial charge in [0.1, 0.15) is 0 Å². The van der Waals surface area contributed by atoms with E-state index in [1.54, 1.807) is 0 Å². The minimum atomic E-state index is -0.241. The number of aliphatic hydroxyl groups is 1. The van der Waals surface area contributed by atoms with Crippen molar-refractivity contribution in [3.63, 3.8) is 0 Å². The van der Waals surface area contributed by atoms with Gasteiger partial charge in [0.15, 0.2) is 0 Å². The second-order valence-corrected chi connectivity index (χ2v) is 6.93. The minimum Gasteiger partial charge on any atom is -0.393 e. The quantitative estimate of drug-likeness (QED) is 0.821. The minimum absolute atomic E-state index is 0.241. The molecule has 1 aromatic heterocycles. The molecule has 1 fully saturated rings. The lowest BCUT2D eigenvalue weighted by molar-refractivity contribution is 0.135. The van der Waals surface area contributed by atoms with Crippen LogP contribution in [0.5, 0.6) is 0 Å². The summed E-state index contributed by atoms with van der Waals surface area (Å²) in [5.74, 6) is 0.713. The number of aryl methyl sites for hydroxylation is 2. The molecule has 1 aliphatic rings. The molecule has 1 aliphatic carbocycles. The summed E-state index contributed by atoms with van der Waals surface area (Å²) in [6.07, 6.45) is 10.4. The molecule has 1 saturated carbocycles. The molecule has 0 spiro atoms. The first-order chi connectivity index (χ1) is 9.61. The van der Waals surface area contributed by atoms with Crippen molar-refractivity contribution in [1.82, 2.24) is 9.78 Å². The molecule has 2 rings (SSSR count). The molecule has 1 N–H and O–H groups in total. The molecule has 0 amide bonds. The largest absolute Gasteiger partial charge is 0.393 e. The van der Waals surface area contributed by atoms with Gasteiger partial charge < -0.3 is 5.11 Å². The maximum absolute atomic E-state index is 10.4. The Morgan fingerprint density at radius 3 is 2.50 bits per heavy atom. The highest BCUT2D eigenvalue weighted by atomic mass is 79.9. The highest BCUT2D eigenvalue weighted by Crippen LogP contribution is 2.29. The van der Waals surface area contributed by atoms with Gasteiger partial charge in [0.05, 0.1) is 22.0 Å². The Kier molecular flexibility index (Phi) is 6.09. The van der Waals surface area contributed by atoms with E-state index < -0.39 is 0 Å². The molecule has 0 aliphatic heterocycles. The number of aliphatic hydroxyl groups excluding tert-OH is 1. The number of hydrogen-bond acceptors (Lipinski definition) is 2. The van der Waals surface area contributed by atoms with E-state index in [-0.39, 0.29) is 6.10 Å². The van der Waals surface area contributed by atoms with Crippen LogP contribution in [0.3, 0.4) is 0 Å². The van der Waals surface area contributed by atoms with Crippen LogP contribution in [0.1, 0.15) is 63.3 Å². The first-order valence-corrected chi connectivity index (χ1v) is 8.79. The molecule has 1 unspecified atom stereocenters. The second kappa shape index (κ2) is 7.60. The van der Waals surface area contributed by atoms with E-state index >= 15 is 0 Å². The molecular formula is C16H27BrN2O. The highest BCUT2D eigenvalue weighted by Gasteiger charge is 2.20. The average Bonchev–Trinajstić information content (AvgIpc) is 2.63. The summed E-state index contributed by atoms with van der Waals surface area (Å²) in [6.45, 7) is 2.11. The lowest BCUT2D eigenvalue weighted by Crippen LogP contribution is -2.18. The standard InChI is InChI=1S/C16H27BrN2O/c1-3-14-16(17)15(19(2)18-14)11-13(20)10-12-8-6-4-5-7-9-12/h12-13,20H,3-11H2,1-2H3. The van der Waals surface area contributed by atoms with Crippen LogP contribution in [0.15, 0.2) is 4.47 Å². The fourth-order valence-electron chi connectivity index (χ4n) is 3.33. The van der Waals surface area contributed by atoms with Gasteiger partial charge >= 0.3 is 0 Å². The summed E-state index contributed by atoms with van der Waals surface area (Å²) < 4.78 is 3.00.